The lowest BCUT2D eigenvalue weighted by molar-refractivity contribution is 0.0805. The Morgan fingerprint density at radius 1 is 1.79 bits per heavy atom. The molecular weight excluding hydrogens is 178 g/mol. The number of hydrogen-bond acceptors (Lipinski definition) is 3. The first-order chi connectivity index (χ1) is 6.66. The van der Waals surface area contributed by atoms with Crippen molar-refractivity contribution in [3.8, 4) is 0 Å². The van der Waals surface area contributed by atoms with Crippen LogP contribution in [0.2, 0.25) is 0 Å². The van der Waals surface area contributed by atoms with E-state index in [1.807, 2.05) is 0 Å². The molecule has 4 nitrogen and oxygen atoms in total. The Labute approximate surface area is 83.0 Å². The lowest BCUT2D eigenvalue weighted by Crippen LogP contribution is -2.28. The molecular formula is C10H13N3O. The average molecular weight is 191 g/mol. The summed E-state index contributed by atoms with van der Waals surface area (Å²) in [6.45, 7) is 4.03. The molecule has 4 heteroatoms. The second kappa shape index (κ2) is 4.41. The first-order valence-corrected chi connectivity index (χ1v) is 4.23. The topological polar surface area (TPSA) is 59.2 Å². The largest absolute Gasteiger partial charge is 0.397 e. The van der Waals surface area contributed by atoms with Crippen LogP contribution in [0.1, 0.15) is 10.5 Å². The van der Waals surface area contributed by atoms with E-state index in [-0.39, 0.29) is 11.6 Å². The second-order valence-electron chi connectivity index (χ2n) is 2.92. The fourth-order valence-electron chi connectivity index (χ4n) is 1.05. The molecule has 1 rings (SSSR count). The lowest BCUT2D eigenvalue weighted by atomic mass is 10.2. The highest BCUT2D eigenvalue weighted by Gasteiger charge is 2.14. The van der Waals surface area contributed by atoms with Crippen LogP contribution in [-0.2, 0) is 0 Å². The predicted molar refractivity (Wildman–Crippen MR) is 55.8 cm³/mol. The molecule has 1 aromatic rings. The van der Waals surface area contributed by atoms with Gasteiger partial charge in [0.1, 0.15) is 0 Å². The fraction of sp³-hybridized carbons (Fsp3) is 0.200. The van der Waals surface area contributed by atoms with Crippen molar-refractivity contribution in [3.63, 3.8) is 0 Å². The summed E-state index contributed by atoms with van der Waals surface area (Å²) < 4.78 is 0. The van der Waals surface area contributed by atoms with E-state index >= 15 is 0 Å². The zero-order valence-corrected chi connectivity index (χ0v) is 8.10. The van der Waals surface area contributed by atoms with Gasteiger partial charge in [-0.15, -0.1) is 6.58 Å². The SMILES string of the molecule is C=CCN(C)C(=O)c1ncccc1N. The summed E-state index contributed by atoms with van der Waals surface area (Å²) in [6, 6.07) is 3.35. The molecule has 0 bridgehead atoms. The standard InChI is InChI=1S/C10H13N3O/c1-3-7-13(2)10(14)9-8(11)5-4-6-12-9/h3-6H,1,7,11H2,2H3. The number of likely N-dealkylation sites (N-methyl/N-ethyl adjacent to an activating group) is 1. The predicted octanol–water partition coefficient (Wildman–Crippen LogP) is 0.922. The highest BCUT2D eigenvalue weighted by atomic mass is 16.2. The van der Waals surface area contributed by atoms with Crippen LogP contribution in [0, 0.1) is 0 Å². The van der Waals surface area contributed by atoms with E-state index in [1.54, 1.807) is 31.5 Å². The molecule has 0 aliphatic carbocycles. The van der Waals surface area contributed by atoms with Crippen LogP contribution in [-0.4, -0.2) is 29.4 Å². The van der Waals surface area contributed by atoms with E-state index in [4.69, 9.17) is 5.73 Å². The molecule has 0 unspecified atom stereocenters. The zero-order valence-electron chi connectivity index (χ0n) is 8.10. The van der Waals surface area contributed by atoms with E-state index in [9.17, 15) is 4.79 Å². The minimum absolute atomic E-state index is 0.192. The maximum atomic E-state index is 11.7. The van der Waals surface area contributed by atoms with Gasteiger partial charge in [-0.3, -0.25) is 4.79 Å². The monoisotopic (exact) mass is 191 g/mol. The summed E-state index contributed by atoms with van der Waals surface area (Å²) in [4.78, 5) is 17.1. The van der Waals surface area contributed by atoms with Gasteiger partial charge >= 0.3 is 0 Å². The first-order valence-electron chi connectivity index (χ1n) is 4.23. The van der Waals surface area contributed by atoms with Gasteiger partial charge in [-0.2, -0.15) is 0 Å². The van der Waals surface area contributed by atoms with Crippen molar-refractivity contribution < 1.29 is 4.79 Å². The number of amides is 1. The Bertz CT molecular complexity index is 349. The number of rotatable bonds is 3. The lowest BCUT2D eigenvalue weighted by Gasteiger charge is -2.14. The van der Waals surface area contributed by atoms with E-state index in [0.29, 0.717) is 12.2 Å². The molecule has 0 fully saturated rings. The number of nitrogens with two attached hydrogens (primary N) is 1. The molecule has 14 heavy (non-hydrogen) atoms. The van der Waals surface area contributed by atoms with E-state index in [0.717, 1.165) is 0 Å². The van der Waals surface area contributed by atoms with Gasteiger partial charge < -0.3 is 10.6 Å². The zero-order chi connectivity index (χ0) is 10.6. The van der Waals surface area contributed by atoms with Gasteiger partial charge in [0.2, 0.25) is 0 Å². The Morgan fingerprint density at radius 3 is 3.07 bits per heavy atom. The van der Waals surface area contributed by atoms with Gasteiger partial charge in [0.15, 0.2) is 5.69 Å². The van der Waals surface area contributed by atoms with E-state index in [1.165, 1.54) is 4.90 Å². The number of nitrogen functional groups attached to an aromatic ring is 1. The van der Waals surface area contributed by atoms with Crippen LogP contribution in [0.25, 0.3) is 0 Å². The van der Waals surface area contributed by atoms with Crippen molar-refractivity contribution in [2.75, 3.05) is 19.3 Å². The molecule has 74 valence electrons. The maximum absolute atomic E-state index is 11.7. The quantitative estimate of drug-likeness (QED) is 0.723. The summed E-state index contributed by atoms with van der Waals surface area (Å²) in [7, 11) is 1.68. The Kier molecular flexibility index (Phi) is 3.23. The number of anilines is 1. The first kappa shape index (κ1) is 10.2. The molecule has 0 saturated heterocycles. The third-order valence-corrected chi connectivity index (χ3v) is 1.79. The summed E-state index contributed by atoms with van der Waals surface area (Å²) in [5.74, 6) is -0.192. The van der Waals surface area contributed by atoms with Crippen LogP contribution in [0.3, 0.4) is 0 Å². The highest BCUT2D eigenvalue weighted by Crippen LogP contribution is 2.09. The van der Waals surface area contributed by atoms with Crippen molar-refractivity contribution in [3.05, 3.63) is 36.7 Å². The molecule has 0 radical (unpaired) electrons. The molecule has 2 N–H and O–H groups in total. The number of aromatic nitrogens is 1. The third-order valence-electron chi connectivity index (χ3n) is 1.79. The van der Waals surface area contributed by atoms with Gasteiger partial charge in [-0.25, -0.2) is 4.98 Å². The molecule has 0 atom stereocenters. The average Bonchev–Trinajstić information content (AvgIpc) is 2.18. The molecule has 0 saturated carbocycles. The van der Waals surface area contributed by atoms with E-state index in [2.05, 4.69) is 11.6 Å². The number of carbonyl (C=O) groups excluding carboxylic acids is 1. The molecule has 0 aromatic carbocycles. The van der Waals surface area contributed by atoms with Gasteiger partial charge in [-0.1, -0.05) is 6.08 Å². The number of nitrogens with zero attached hydrogens (tertiary/aromatic N) is 2. The van der Waals surface area contributed by atoms with Crippen LogP contribution >= 0.6 is 0 Å². The molecule has 0 aliphatic heterocycles. The van der Waals surface area contributed by atoms with Crippen LogP contribution < -0.4 is 5.73 Å². The van der Waals surface area contributed by atoms with Crippen molar-refractivity contribution in [1.82, 2.24) is 9.88 Å². The van der Waals surface area contributed by atoms with Crippen LogP contribution in [0.4, 0.5) is 5.69 Å². The van der Waals surface area contributed by atoms with Gasteiger partial charge in [-0.05, 0) is 12.1 Å². The van der Waals surface area contributed by atoms with Crippen molar-refractivity contribution in [1.29, 1.82) is 0 Å². The molecule has 1 aromatic heterocycles. The van der Waals surface area contributed by atoms with Crippen molar-refractivity contribution in [2.45, 2.75) is 0 Å². The summed E-state index contributed by atoms with van der Waals surface area (Å²) in [5, 5.41) is 0. The Morgan fingerprint density at radius 2 is 2.50 bits per heavy atom. The van der Waals surface area contributed by atoms with Gasteiger partial charge in [0.25, 0.3) is 5.91 Å². The van der Waals surface area contributed by atoms with Crippen LogP contribution in [0.15, 0.2) is 31.0 Å². The fourth-order valence-corrected chi connectivity index (χ4v) is 1.05. The Hall–Kier alpha value is -1.84. The van der Waals surface area contributed by atoms with Gasteiger partial charge in [0, 0.05) is 19.8 Å². The number of carbonyl (C=O) groups is 1. The normalized spacial score (nSPS) is 9.50. The highest BCUT2D eigenvalue weighted by molar-refractivity contribution is 5.96. The Balaban J connectivity index is 2.89. The smallest absolute Gasteiger partial charge is 0.274 e. The maximum Gasteiger partial charge on any atom is 0.274 e. The van der Waals surface area contributed by atoms with Crippen molar-refractivity contribution in [2.24, 2.45) is 0 Å². The molecule has 0 spiro atoms. The molecule has 1 amide bonds. The number of hydrogen-bond donors (Lipinski definition) is 1. The summed E-state index contributed by atoms with van der Waals surface area (Å²) in [5.41, 5.74) is 6.31. The minimum atomic E-state index is -0.192. The van der Waals surface area contributed by atoms with Gasteiger partial charge in [0.05, 0.1) is 5.69 Å². The summed E-state index contributed by atoms with van der Waals surface area (Å²) >= 11 is 0. The van der Waals surface area contributed by atoms with E-state index < -0.39 is 0 Å². The van der Waals surface area contributed by atoms with Crippen molar-refractivity contribution >= 4 is 11.6 Å². The second-order valence-corrected chi connectivity index (χ2v) is 2.92. The molecule has 1 heterocycles. The number of pyridine rings is 1. The summed E-state index contributed by atoms with van der Waals surface area (Å²) in [6.07, 6.45) is 3.20. The van der Waals surface area contributed by atoms with Crippen LogP contribution in [0.5, 0.6) is 0 Å². The minimum Gasteiger partial charge on any atom is -0.397 e. The third kappa shape index (κ3) is 2.10. The molecule has 0 aliphatic rings.